The van der Waals surface area contributed by atoms with Crippen LogP contribution in [-0.2, 0) is 13.0 Å². The maximum Gasteiger partial charge on any atom is 0.132 e. The maximum atomic E-state index is 4.43. The first kappa shape index (κ1) is 12.0. The molecule has 0 fully saturated rings. The van der Waals surface area contributed by atoms with E-state index in [0.717, 1.165) is 34.9 Å². The highest BCUT2D eigenvalue weighted by Crippen LogP contribution is 2.21. The molecule has 4 rings (SSSR count). The van der Waals surface area contributed by atoms with Crippen LogP contribution in [0, 0.1) is 0 Å². The minimum absolute atomic E-state index is 0.814. The molecule has 0 saturated heterocycles. The summed E-state index contributed by atoms with van der Waals surface area (Å²) in [4.78, 5) is 4.43. The summed E-state index contributed by atoms with van der Waals surface area (Å²) in [5, 5.41) is 9.62. The van der Waals surface area contributed by atoms with E-state index in [2.05, 4.69) is 45.6 Å². The number of hydrogen-bond acceptors (Lipinski definition) is 3. The molecule has 0 saturated carbocycles. The van der Waals surface area contributed by atoms with Gasteiger partial charge in [0.1, 0.15) is 5.52 Å². The summed E-state index contributed by atoms with van der Waals surface area (Å²) < 4.78 is 1.98. The van der Waals surface area contributed by atoms with Gasteiger partial charge < -0.3 is 0 Å². The number of pyridine rings is 1. The van der Waals surface area contributed by atoms with Gasteiger partial charge in [0.15, 0.2) is 0 Å². The van der Waals surface area contributed by atoms with Crippen LogP contribution in [0.3, 0.4) is 0 Å². The topological polar surface area (TPSA) is 43.6 Å². The molecule has 4 heteroatoms. The summed E-state index contributed by atoms with van der Waals surface area (Å²) in [5.74, 6) is 0. The van der Waals surface area contributed by atoms with Gasteiger partial charge in [0.2, 0.25) is 0 Å². The van der Waals surface area contributed by atoms with Crippen molar-refractivity contribution in [3.05, 3.63) is 66.4 Å². The molecule has 0 bridgehead atoms. The van der Waals surface area contributed by atoms with Crippen molar-refractivity contribution in [3.63, 3.8) is 0 Å². The van der Waals surface area contributed by atoms with Gasteiger partial charge in [-0.2, -0.15) is 0 Å². The fourth-order valence-electron chi connectivity index (χ4n) is 2.64. The van der Waals surface area contributed by atoms with Crippen LogP contribution in [0.4, 0.5) is 0 Å². The zero-order chi connectivity index (χ0) is 14.1. The molecule has 0 aliphatic heterocycles. The summed E-state index contributed by atoms with van der Waals surface area (Å²) in [7, 11) is 0. The number of aromatic nitrogens is 4. The van der Waals surface area contributed by atoms with Gasteiger partial charge in [-0.15, -0.1) is 5.10 Å². The Balaban J connectivity index is 1.77. The SMILES string of the molecule is c1ccc(CCn2nnc3cnc4ccccc4c32)cc1. The van der Waals surface area contributed by atoms with Crippen LogP contribution in [0.25, 0.3) is 21.9 Å². The van der Waals surface area contributed by atoms with E-state index in [-0.39, 0.29) is 0 Å². The minimum atomic E-state index is 0.814. The number of para-hydroxylation sites is 1. The van der Waals surface area contributed by atoms with Crippen LogP contribution in [0.1, 0.15) is 5.56 Å². The second-order valence-corrected chi connectivity index (χ2v) is 5.06. The first-order valence-electron chi connectivity index (χ1n) is 7.03. The van der Waals surface area contributed by atoms with Crippen molar-refractivity contribution in [1.29, 1.82) is 0 Å². The zero-order valence-electron chi connectivity index (χ0n) is 11.5. The van der Waals surface area contributed by atoms with E-state index in [9.17, 15) is 0 Å². The quantitative estimate of drug-likeness (QED) is 0.576. The van der Waals surface area contributed by atoms with Gasteiger partial charge in [0.25, 0.3) is 0 Å². The Bertz CT molecular complexity index is 896. The Morgan fingerprint density at radius 1 is 0.857 bits per heavy atom. The second-order valence-electron chi connectivity index (χ2n) is 5.06. The monoisotopic (exact) mass is 274 g/mol. The zero-order valence-corrected chi connectivity index (χ0v) is 11.5. The van der Waals surface area contributed by atoms with Gasteiger partial charge in [0.05, 0.1) is 17.2 Å². The van der Waals surface area contributed by atoms with E-state index in [1.165, 1.54) is 5.56 Å². The normalized spacial score (nSPS) is 11.2. The van der Waals surface area contributed by atoms with Gasteiger partial charge in [0, 0.05) is 11.9 Å². The van der Waals surface area contributed by atoms with Gasteiger partial charge in [-0.3, -0.25) is 4.98 Å². The summed E-state index contributed by atoms with van der Waals surface area (Å²) in [6, 6.07) is 18.6. The predicted octanol–water partition coefficient (Wildman–Crippen LogP) is 3.22. The molecule has 102 valence electrons. The highest BCUT2D eigenvalue weighted by molar-refractivity contribution is 6.01. The second kappa shape index (κ2) is 4.98. The number of benzene rings is 2. The lowest BCUT2D eigenvalue weighted by Crippen LogP contribution is -2.03. The third-order valence-electron chi connectivity index (χ3n) is 3.70. The van der Waals surface area contributed by atoms with Crippen LogP contribution in [0.5, 0.6) is 0 Å². The smallest absolute Gasteiger partial charge is 0.132 e. The Morgan fingerprint density at radius 3 is 2.57 bits per heavy atom. The Kier molecular flexibility index (Phi) is 2.85. The molecule has 4 aromatic rings. The molecular weight excluding hydrogens is 260 g/mol. The van der Waals surface area contributed by atoms with E-state index >= 15 is 0 Å². The molecule has 0 amide bonds. The molecule has 0 spiro atoms. The molecule has 0 radical (unpaired) electrons. The van der Waals surface area contributed by atoms with Gasteiger partial charge in [-0.1, -0.05) is 53.7 Å². The highest BCUT2D eigenvalue weighted by atomic mass is 15.4. The number of hydrogen-bond donors (Lipinski definition) is 0. The van der Waals surface area contributed by atoms with Crippen molar-refractivity contribution >= 4 is 21.9 Å². The molecule has 2 aromatic carbocycles. The molecule has 21 heavy (non-hydrogen) atoms. The standard InChI is InChI=1S/C17H14N4/c1-2-6-13(7-3-1)10-11-21-17-14-8-4-5-9-15(14)18-12-16(17)19-20-21/h1-9,12H,10-11H2. The third kappa shape index (κ3) is 2.14. The van der Waals surface area contributed by atoms with E-state index in [1.807, 2.05) is 28.9 Å². The van der Waals surface area contributed by atoms with E-state index in [4.69, 9.17) is 0 Å². The molecule has 0 aliphatic carbocycles. The van der Waals surface area contributed by atoms with E-state index < -0.39 is 0 Å². The predicted molar refractivity (Wildman–Crippen MR) is 83.0 cm³/mol. The Morgan fingerprint density at radius 2 is 1.67 bits per heavy atom. The summed E-state index contributed by atoms with van der Waals surface area (Å²) >= 11 is 0. The first-order valence-corrected chi connectivity index (χ1v) is 7.03. The molecule has 4 nitrogen and oxygen atoms in total. The molecule has 2 heterocycles. The number of rotatable bonds is 3. The summed E-state index contributed by atoms with van der Waals surface area (Å²) in [6.45, 7) is 0.814. The molecule has 0 aliphatic rings. The largest absolute Gasteiger partial charge is 0.254 e. The lowest BCUT2D eigenvalue weighted by molar-refractivity contribution is 0.608. The van der Waals surface area contributed by atoms with Crippen molar-refractivity contribution in [2.24, 2.45) is 0 Å². The first-order chi connectivity index (χ1) is 10.4. The Hall–Kier alpha value is -2.75. The van der Waals surface area contributed by atoms with Gasteiger partial charge >= 0.3 is 0 Å². The average Bonchev–Trinajstić information content (AvgIpc) is 2.97. The van der Waals surface area contributed by atoms with Crippen molar-refractivity contribution in [1.82, 2.24) is 20.0 Å². The van der Waals surface area contributed by atoms with Crippen LogP contribution >= 0.6 is 0 Å². The molecule has 0 unspecified atom stereocenters. The number of aryl methyl sites for hydroxylation is 2. The minimum Gasteiger partial charge on any atom is -0.254 e. The fourth-order valence-corrected chi connectivity index (χ4v) is 2.64. The highest BCUT2D eigenvalue weighted by Gasteiger charge is 2.09. The van der Waals surface area contributed by atoms with E-state index in [0.29, 0.717) is 0 Å². The summed E-state index contributed by atoms with van der Waals surface area (Å²) in [6.07, 6.45) is 2.74. The molecule has 2 aromatic heterocycles. The molecule has 0 atom stereocenters. The van der Waals surface area contributed by atoms with Gasteiger partial charge in [-0.25, -0.2) is 4.68 Å². The van der Waals surface area contributed by atoms with E-state index in [1.54, 1.807) is 6.20 Å². The van der Waals surface area contributed by atoms with Crippen LogP contribution < -0.4 is 0 Å². The Labute approximate surface area is 122 Å². The van der Waals surface area contributed by atoms with Crippen molar-refractivity contribution < 1.29 is 0 Å². The van der Waals surface area contributed by atoms with Crippen molar-refractivity contribution in [3.8, 4) is 0 Å². The van der Waals surface area contributed by atoms with Gasteiger partial charge in [-0.05, 0) is 18.1 Å². The average molecular weight is 274 g/mol. The van der Waals surface area contributed by atoms with Crippen LogP contribution in [-0.4, -0.2) is 20.0 Å². The van der Waals surface area contributed by atoms with Crippen LogP contribution in [0.15, 0.2) is 60.8 Å². The number of fused-ring (bicyclic) bond motifs is 3. The third-order valence-corrected chi connectivity index (χ3v) is 3.70. The lowest BCUT2D eigenvalue weighted by Gasteiger charge is -2.05. The molecular formula is C17H14N4. The molecule has 0 N–H and O–H groups in total. The van der Waals surface area contributed by atoms with Crippen molar-refractivity contribution in [2.75, 3.05) is 0 Å². The number of nitrogens with zero attached hydrogens (tertiary/aromatic N) is 4. The maximum absolute atomic E-state index is 4.43. The fraction of sp³-hybridized carbons (Fsp3) is 0.118. The lowest BCUT2D eigenvalue weighted by atomic mass is 10.1. The van der Waals surface area contributed by atoms with Crippen LogP contribution in [0.2, 0.25) is 0 Å². The summed E-state index contributed by atoms with van der Waals surface area (Å²) in [5.41, 5.74) is 4.20. The van der Waals surface area contributed by atoms with Crippen molar-refractivity contribution in [2.45, 2.75) is 13.0 Å².